The number of unbranched alkanes of at least 4 members (excludes halogenated alkanes) is 1. The minimum Gasteiger partial charge on any atom is -0.494 e. The molecule has 0 aliphatic carbocycles. The first-order chi connectivity index (χ1) is 10.2. The largest absolute Gasteiger partial charge is 0.494 e. The molecule has 0 aliphatic heterocycles. The molecule has 0 saturated heterocycles. The van der Waals surface area contributed by atoms with E-state index in [4.69, 9.17) is 16.9 Å². The molecule has 1 heterocycles. The maximum Gasteiger partial charge on any atom is 0.127 e. The molecule has 1 unspecified atom stereocenters. The van der Waals surface area contributed by atoms with E-state index in [0.29, 0.717) is 13.2 Å². The van der Waals surface area contributed by atoms with Crippen LogP contribution in [0.25, 0.3) is 11.0 Å². The van der Waals surface area contributed by atoms with Gasteiger partial charge in [0, 0.05) is 6.07 Å². The van der Waals surface area contributed by atoms with Gasteiger partial charge in [-0.15, -0.1) is 6.42 Å². The fourth-order valence-corrected chi connectivity index (χ4v) is 2.48. The Balaban J connectivity index is 2.43. The van der Waals surface area contributed by atoms with Crippen molar-refractivity contribution < 1.29 is 4.74 Å². The van der Waals surface area contributed by atoms with Gasteiger partial charge in [-0.3, -0.25) is 0 Å². The van der Waals surface area contributed by atoms with Crippen molar-refractivity contribution in [1.82, 2.24) is 9.55 Å². The van der Waals surface area contributed by atoms with Crippen LogP contribution >= 0.6 is 0 Å². The smallest absolute Gasteiger partial charge is 0.127 e. The average Bonchev–Trinajstić information content (AvgIpc) is 2.84. The summed E-state index contributed by atoms with van der Waals surface area (Å²) in [5, 5.41) is 0. The second-order valence-electron chi connectivity index (χ2n) is 5.09. The van der Waals surface area contributed by atoms with Gasteiger partial charge in [0.2, 0.25) is 0 Å². The monoisotopic (exact) mass is 285 g/mol. The van der Waals surface area contributed by atoms with E-state index in [2.05, 4.69) is 17.8 Å². The maximum atomic E-state index is 6.29. The number of benzene rings is 1. The van der Waals surface area contributed by atoms with E-state index < -0.39 is 0 Å². The van der Waals surface area contributed by atoms with E-state index in [-0.39, 0.29) is 6.04 Å². The maximum absolute atomic E-state index is 6.29. The molecule has 1 atom stereocenters. The van der Waals surface area contributed by atoms with E-state index in [9.17, 15) is 0 Å². The predicted molar refractivity (Wildman–Crippen MR) is 86.2 cm³/mol. The first-order valence-electron chi connectivity index (χ1n) is 7.53. The van der Waals surface area contributed by atoms with Crippen LogP contribution in [0.2, 0.25) is 0 Å². The second kappa shape index (κ2) is 7.14. The zero-order valence-corrected chi connectivity index (χ0v) is 12.8. The van der Waals surface area contributed by atoms with Crippen molar-refractivity contribution in [2.45, 2.75) is 45.7 Å². The van der Waals surface area contributed by atoms with Gasteiger partial charge in [-0.25, -0.2) is 4.98 Å². The van der Waals surface area contributed by atoms with Gasteiger partial charge >= 0.3 is 0 Å². The highest BCUT2D eigenvalue weighted by Crippen LogP contribution is 2.25. The molecule has 1 aromatic carbocycles. The lowest BCUT2D eigenvalue weighted by molar-refractivity contribution is 0.340. The highest BCUT2D eigenvalue weighted by atomic mass is 16.5. The summed E-state index contributed by atoms with van der Waals surface area (Å²) in [4.78, 5) is 4.69. The number of hydrogen-bond donors (Lipinski definition) is 1. The number of nitrogens with zero attached hydrogens (tertiary/aromatic N) is 2. The Kier molecular flexibility index (Phi) is 5.24. The molecule has 2 N–H and O–H groups in total. The van der Waals surface area contributed by atoms with Gasteiger partial charge < -0.3 is 15.0 Å². The Morgan fingerprint density at radius 2 is 2.24 bits per heavy atom. The normalized spacial score (nSPS) is 12.3. The van der Waals surface area contributed by atoms with Crippen molar-refractivity contribution in [2.24, 2.45) is 5.73 Å². The average molecular weight is 285 g/mol. The molecule has 0 fully saturated rings. The Hall–Kier alpha value is -1.99. The van der Waals surface area contributed by atoms with Crippen LogP contribution in [0.15, 0.2) is 18.2 Å². The van der Waals surface area contributed by atoms with Crippen molar-refractivity contribution in [3.8, 4) is 18.1 Å². The molecule has 21 heavy (non-hydrogen) atoms. The first kappa shape index (κ1) is 15.4. The molecule has 0 bridgehead atoms. The number of aromatic nitrogens is 2. The summed E-state index contributed by atoms with van der Waals surface area (Å²) >= 11 is 0. The van der Waals surface area contributed by atoms with Crippen LogP contribution in [0, 0.1) is 12.3 Å². The lowest BCUT2D eigenvalue weighted by Gasteiger charge is -2.12. The summed E-state index contributed by atoms with van der Waals surface area (Å²) < 4.78 is 7.56. The predicted octanol–water partition coefficient (Wildman–Crippen LogP) is 3.26. The molecular weight excluding hydrogens is 262 g/mol. The molecule has 0 amide bonds. The lowest BCUT2D eigenvalue weighted by atomic mass is 10.1. The number of nitrogens with two attached hydrogens (primary N) is 1. The zero-order chi connectivity index (χ0) is 15.2. The number of fused-ring (bicyclic) bond motifs is 1. The summed E-state index contributed by atoms with van der Waals surface area (Å²) in [6.45, 7) is 5.25. The highest BCUT2D eigenvalue weighted by molar-refractivity contribution is 5.78. The van der Waals surface area contributed by atoms with Gasteiger partial charge in [0.15, 0.2) is 0 Å². The van der Waals surface area contributed by atoms with E-state index in [0.717, 1.165) is 41.9 Å². The van der Waals surface area contributed by atoms with Gasteiger partial charge in [-0.1, -0.05) is 25.7 Å². The molecule has 0 saturated carbocycles. The quantitative estimate of drug-likeness (QED) is 0.794. The molecule has 2 rings (SSSR count). The summed E-state index contributed by atoms with van der Waals surface area (Å²) in [6.07, 6.45) is 8.62. The summed E-state index contributed by atoms with van der Waals surface area (Å²) in [5.74, 6) is 4.38. The van der Waals surface area contributed by atoms with Crippen LogP contribution in [-0.2, 0) is 6.54 Å². The molecule has 0 radical (unpaired) electrons. The number of ether oxygens (including phenoxy) is 1. The Morgan fingerprint density at radius 1 is 1.43 bits per heavy atom. The number of hydrogen-bond acceptors (Lipinski definition) is 3. The highest BCUT2D eigenvalue weighted by Gasteiger charge is 2.16. The van der Waals surface area contributed by atoms with Crippen molar-refractivity contribution in [3.63, 3.8) is 0 Å². The van der Waals surface area contributed by atoms with Crippen LogP contribution in [-0.4, -0.2) is 16.2 Å². The zero-order valence-electron chi connectivity index (χ0n) is 12.8. The second-order valence-corrected chi connectivity index (χ2v) is 5.09. The number of imidazole rings is 1. The molecule has 4 nitrogen and oxygen atoms in total. The third-order valence-corrected chi connectivity index (χ3v) is 3.51. The van der Waals surface area contributed by atoms with Crippen molar-refractivity contribution >= 4 is 11.0 Å². The minimum atomic E-state index is -0.0822. The number of rotatable bonds is 7. The topological polar surface area (TPSA) is 53.1 Å². The third-order valence-electron chi connectivity index (χ3n) is 3.51. The Morgan fingerprint density at radius 3 is 2.90 bits per heavy atom. The van der Waals surface area contributed by atoms with Gasteiger partial charge in [-0.2, -0.15) is 0 Å². The van der Waals surface area contributed by atoms with E-state index in [1.165, 1.54) is 0 Å². The Labute approximate surface area is 126 Å². The molecular formula is C17H23N3O. The van der Waals surface area contributed by atoms with Crippen molar-refractivity contribution in [3.05, 3.63) is 24.0 Å². The molecule has 2 aromatic rings. The van der Waals surface area contributed by atoms with Crippen LogP contribution in [0.1, 0.15) is 45.0 Å². The van der Waals surface area contributed by atoms with Gasteiger partial charge in [0.25, 0.3) is 0 Å². The van der Waals surface area contributed by atoms with Crippen LogP contribution in [0.5, 0.6) is 5.75 Å². The molecule has 0 spiro atoms. The van der Waals surface area contributed by atoms with Crippen LogP contribution in [0.4, 0.5) is 0 Å². The SMILES string of the molecule is C#CCn1c(C(N)CCCC)nc2cc(OCC)ccc21. The molecule has 4 heteroatoms. The lowest BCUT2D eigenvalue weighted by Crippen LogP contribution is -2.16. The molecule has 112 valence electrons. The fourth-order valence-electron chi connectivity index (χ4n) is 2.48. The van der Waals surface area contributed by atoms with E-state index in [1.807, 2.05) is 29.7 Å². The minimum absolute atomic E-state index is 0.0822. The van der Waals surface area contributed by atoms with Crippen molar-refractivity contribution in [1.29, 1.82) is 0 Å². The summed E-state index contributed by atoms with van der Waals surface area (Å²) in [5.41, 5.74) is 8.19. The van der Waals surface area contributed by atoms with Crippen molar-refractivity contribution in [2.75, 3.05) is 6.61 Å². The third kappa shape index (κ3) is 3.37. The van der Waals surface area contributed by atoms with E-state index >= 15 is 0 Å². The van der Waals surface area contributed by atoms with Gasteiger partial charge in [-0.05, 0) is 25.5 Å². The molecule has 0 aliphatic rings. The Bertz CT molecular complexity index is 639. The first-order valence-corrected chi connectivity index (χ1v) is 7.53. The van der Waals surface area contributed by atoms with Gasteiger partial charge in [0.05, 0.1) is 30.2 Å². The van der Waals surface area contributed by atoms with Gasteiger partial charge in [0.1, 0.15) is 11.6 Å². The van der Waals surface area contributed by atoms with Crippen LogP contribution in [0.3, 0.4) is 0 Å². The van der Waals surface area contributed by atoms with Crippen LogP contribution < -0.4 is 10.5 Å². The van der Waals surface area contributed by atoms with E-state index in [1.54, 1.807) is 0 Å². The standard InChI is InChI=1S/C17H23N3O/c1-4-7-8-14(18)17-19-15-12-13(21-6-3)9-10-16(15)20(17)11-5-2/h2,9-10,12,14H,4,6-8,11,18H2,1,3H3. The summed E-state index contributed by atoms with van der Waals surface area (Å²) in [7, 11) is 0. The number of terminal acetylenes is 1. The fraction of sp³-hybridized carbons (Fsp3) is 0.471. The molecule has 1 aromatic heterocycles. The summed E-state index contributed by atoms with van der Waals surface area (Å²) in [6, 6.07) is 5.81.